The van der Waals surface area contributed by atoms with E-state index in [2.05, 4.69) is 16.3 Å². The zero-order valence-electron chi connectivity index (χ0n) is 9.51. The molecule has 0 fully saturated rings. The molecule has 0 amide bonds. The topological polar surface area (TPSA) is 54.0 Å². The normalized spacial score (nSPS) is 10.6. The third kappa shape index (κ3) is 1.93. The molecule has 0 saturated heterocycles. The fourth-order valence-electron chi connectivity index (χ4n) is 1.82. The summed E-state index contributed by atoms with van der Waals surface area (Å²) < 4.78 is 1.72. The Hall–Kier alpha value is -2.09. The van der Waals surface area contributed by atoms with Crippen LogP contribution in [0.1, 0.15) is 5.56 Å². The molecule has 4 nitrogen and oxygen atoms in total. The minimum absolute atomic E-state index is 0.417. The Morgan fingerprint density at radius 1 is 1.11 bits per heavy atom. The van der Waals surface area contributed by atoms with Gasteiger partial charge in [0, 0.05) is 11.8 Å². The largest absolute Gasteiger partial charge is 0.281 e. The van der Waals surface area contributed by atoms with E-state index in [0.29, 0.717) is 32.6 Å². The molecule has 0 radical (unpaired) electrons. The van der Waals surface area contributed by atoms with Crippen molar-refractivity contribution in [1.82, 2.24) is 14.6 Å². The zero-order valence-corrected chi connectivity index (χ0v) is 11.0. The maximum Gasteiger partial charge on any atom is 0.169 e. The fourth-order valence-corrected chi connectivity index (χ4v) is 2.20. The van der Waals surface area contributed by atoms with E-state index in [1.165, 1.54) is 0 Å². The molecule has 92 valence electrons. The monoisotopic (exact) mass is 288 g/mol. The van der Waals surface area contributed by atoms with Crippen LogP contribution in [0.2, 0.25) is 10.0 Å². The number of aromatic nitrogens is 3. The second-order valence-corrected chi connectivity index (χ2v) is 4.67. The van der Waals surface area contributed by atoms with Gasteiger partial charge in [-0.2, -0.15) is 5.26 Å². The molecule has 0 aliphatic carbocycles. The van der Waals surface area contributed by atoms with Crippen LogP contribution < -0.4 is 0 Å². The molecule has 0 atom stereocenters. The molecular weight excluding hydrogens is 283 g/mol. The molecule has 0 aliphatic heterocycles. The molecule has 2 aromatic heterocycles. The van der Waals surface area contributed by atoms with Gasteiger partial charge in [-0.05, 0) is 24.3 Å². The van der Waals surface area contributed by atoms with E-state index in [9.17, 15) is 0 Å². The number of nitriles is 1. The van der Waals surface area contributed by atoms with Crippen LogP contribution in [-0.4, -0.2) is 14.6 Å². The number of fused-ring (bicyclic) bond motifs is 1. The van der Waals surface area contributed by atoms with Gasteiger partial charge in [0.2, 0.25) is 0 Å². The molecule has 2 heterocycles. The first kappa shape index (κ1) is 12.0. The van der Waals surface area contributed by atoms with E-state index in [4.69, 9.17) is 28.5 Å². The van der Waals surface area contributed by atoms with Gasteiger partial charge >= 0.3 is 0 Å². The van der Waals surface area contributed by atoms with E-state index >= 15 is 0 Å². The van der Waals surface area contributed by atoms with E-state index in [0.717, 1.165) is 0 Å². The molecule has 0 saturated carbocycles. The predicted molar refractivity (Wildman–Crippen MR) is 73.2 cm³/mol. The minimum atomic E-state index is 0.417. The summed E-state index contributed by atoms with van der Waals surface area (Å²) >= 11 is 12.2. The molecule has 0 bridgehead atoms. The van der Waals surface area contributed by atoms with Crippen LogP contribution in [0, 0.1) is 11.3 Å². The second-order valence-electron chi connectivity index (χ2n) is 3.88. The number of hydrogen-bond donors (Lipinski definition) is 0. The Bertz CT molecular complexity index is 817. The quantitative estimate of drug-likeness (QED) is 0.688. The first-order valence-electron chi connectivity index (χ1n) is 5.40. The number of rotatable bonds is 1. The van der Waals surface area contributed by atoms with Crippen molar-refractivity contribution in [2.24, 2.45) is 0 Å². The lowest BCUT2D eigenvalue weighted by Gasteiger charge is -2.04. The van der Waals surface area contributed by atoms with Gasteiger partial charge in [-0.15, -0.1) is 10.2 Å². The van der Waals surface area contributed by atoms with Crippen molar-refractivity contribution in [3.63, 3.8) is 0 Å². The molecule has 1 aromatic carbocycles. The summed E-state index contributed by atoms with van der Waals surface area (Å²) in [6.07, 6.45) is 1.67. The van der Waals surface area contributed by atoms with Crippen molar-refractivity contribution in [3.05, 3.63) is 52.1 Å². The highest BCUT2D eigenvalue weighted by Gasteiger charge is 2.13. The van der Waals surface area contributed by atoms with Crippen molar-refractivity contribution in [2.45, 2.75) is 0 Å². The molecule has 0 unspecified atom stereocenters. The zero-order chi connectivity index (χ0) is 13.4. The molecule has 0 spiro atoms. The standard InChI is InChI=1S/C13H6Cl2N4/c14-10-3-1-2-9(12(10)15)13-18-17-11-5-4-8(6-16)7-19(11)13/h1-5,7H. The summed E-state index contributed by atoms with van der Waals surface area (Å²) in [5.41, 5.74) is 1.84. The average Bonchev–Trinajstić information content (AvgIpc) is 2.84. The van der Waals surface area contributed by atoms with E-state index in [1.54, 1.807) is 34.9 Å². The van der Waals surface area contributed by atoms with Crippen LogP contribution in [0.3, 0.4) is 0 Å². The van der Waals surface area contributed by atoms with Gasteiger partial charge in [-0.3, -0.25) is 4.40 Å². The van der Waals surface area contributed by atoms with Crippen LogP contribution in [0.5, 0.6) is 0 Å². The summed E-state index contributed by atoms with van der Waals surface area (Å²) in [6.45, 7) is 0. The molecule has 3 aromatic rings. The Kier molecular flexibility index (Phi) is 2.86. The highest BCUT2D eigenvalue weighted by molar-refractivity contribution is 6.43. The van der Waals surface area contributed by atoms with E-state index in [-0.39, 0.29) is 0 Å². The SMILES string of the molecule is N#Cc1ccc2nnc(-c3cccc(Cl)c3Cl)n2c1. The average molecular weight is 289 g/mol. The summed E-state index contributed by atoms with van der Waals surface area (Å²) in [6, 6.07) is 10.8. The van der Waals surface area contributed by atoms with Crippen molar-refractivity contribution >= 4 is 28.8 Å². The van der Waals surface area contributed by atoms with Crippen LogP contribution in [0.4, 0.5) is 0 Å². The smallest absolute Gasteiger partial charge is 0.169 e. The maximum atomic E-state index is 8.94. The van der Waals surface area contributed by atoms with E-state index in [1.807, 2.05) is 6.07 Å². The minimum Gasteiger partial charge on any atom is -0.281 e. The number of hydrogen-bond acceptors (Lipinski definition) is 3. The van der Waals surface area contributed by atoms with Crippen LogP contribution >= 0.6 is 23.2 Å². The summed E-state index contributed by atoms with van der Waals surface area (Å²) in [5, 5.41) is 18.0. The highest BCUT2D eigenvalue weighted by Crippen LogP contribution is 2.32. The Morgan fingerprint density at radius 2 is 1.95 bits per heavy atom. The van der Waals surface area contributed by atoms with Gasteiger partial charge in [0.05, 0.1) is 15.6 Å². The molecule has 19 heavy (non-hydrogen) atoms. The van der Waals surface area contributed by atoms with Gasteiger partial charge in [-0.1, -0.05) is 29.3 Å². The summed E-state index contributed by atoms with van der Waals surface area (Å²) in [7, 11) is 0. The number of pyridine rings is 1. The Balaban J connectivity index is 2.31. The fraction of sp³-hybridized carbons (Fsp3) is 0. The van der Waals surface area contributed by atoms with Gasteiger partial charge in [-0.25, -0.2) is 0 Å². The lowest BCUT2D eigenvalue weighted by atomic mass is 10.2. The lowest BCUT2D eigenvalue weighted by Crippen LogP contribution is -1.91. The molecular formula is C13H6Cl2N4. The van der Waals surface area contributed by atoms with Crippen LogP contribution in [0.25, 0.3) is 17.0 Å². The van der Waals surface area contributed by atoms with Gasteiger partial charge in [0.1, 0.15) is 6.07 Å². The third-order valence-corrected chi connectivity index (χ3v) is 3.54. The highest BCUT2D eigenvalue weighted by atomic mass is 35.5. The molecule has 0 aliphatic rings. The van der Waals surface area contributed by atoms with E-state index < -0.39 is 0 Å². The lowest BCUT2D eigenvalue weighted by molar-refractivity contribution is 1.11. The molecule has 3 rings (SSSR count). The van der Waals surface area contributed by atoms with Crippen LogP contribution in [-0.2, 0) is 0 Å². The van der Waals surface area contributed by atoms with Crippen molar-refractivity contribution in [1.29, 1.82) is 5.26 Å². The van der Waals surface area contributed by atoms with Crippen molar-refractivity contribution < 1.29 is 0 Å². The third-order valence-electron chi connectivity index (χ3n) is 2.72. The van der Waals surface area contributed by atoms with Crippen molar-refractivity contribution in [3.8, 4) is 17.5 Å². The Labute approximate surface area is 118 Å². The molecule has 0 N–H and O–H groups in total. The van der Waals surface area contributed by atoms with Gasteiger partial charge in [0.25, 0.3) is 0 Å². The second kappa shape index (κ2) is 4.54. The predicted octanol–water partition coefficient (Wildman–Crippen LogP) is 3.57. The molecule has 6 heteroatoms. The van der Waals surface area contributed by atoms with Gasteiger partial charge in [0.15, 0.2) is 11.5 Å². The summed E-state index contributed by atoms with van der Waals surface area (Å²) in [5.74, 6) is 0.555. The first-order valence-corrected chi connectivity index (χ1v) is 6.15. The van der Waals surface area contributed by atoms with Gasteiger partial charge < -0.3 is 0 Å². The summed E-state index contributed by atoms with van der Waals surface area (Å²) in [4.78, 5) is 0. The van der Waals surface area contributed by atoms with Crippen molar-refractivity contribution in [2.75, 3.05) is 0 Å². The first-order chi connectivity index (χ1) is 9.20. The number of nitrogens with zero attached hydrogens (tertiary/aromatic N) is 4. The Morgan fingerprint density at radius 3 is 2.74 bits per heavy atom. The maximum absolute atomic E-state index is 8.94. The number of benzene rings is 1. The van der Waals surface area contributed by atoms with Crippen LogP contribution in [0.15, 0.2) is 36.5 Å². The number of halogens is 2.